The lowest BCUT2D eigenvalue weighted by Gasteiger charge is -2.29. The fourth-order valence-corrected chi connectivity index (χ4v) is 10.7. The van der Waals surface area contributed by atoms with Crippen LogP contribution in [0.3, 0.4) is 0 Å². The van der Waals surface area contributed by atoms with Crippen molar-refractivity contribution >= 4 is 71.6 Å². The third kappa shape index (κ3) is 5.47. The molecule has 3 heteroatoms. The minimum Gasteiger partial charge on any atom is -0.455 e. The van der Waals surface area contributed by atoms with Crippen LogP contribution in [-0.2, 0) is 5.41 Å². The lowest BCUT2D eigenvalue weighted by atomic mass is 9.81. The van der Waals surface area contributed by atoms with Crippen molar-refractivity contribution in [2.45, 2.75) is 19.3 Å². The van der Waals surface area contributed by atoms with E-state index in [0.29, 0.717) is 0 Å². The van der Waals surface area contributed by atoms with Crippen LogP contribution in [0.2, 0.25) is 0 Å². The lowest BCUT2D eigenvalue weighted by molar-refractivity contribution is 0.660. The molecule has 0 bridgehead atoms. The van der Waals surface area contributed by atoms with E-state index in [1.807, 2.05) is 0 Å². The first kappa shape index (κ1) is 36.5. The number of fused-ring (bicyclic) bond motifs is 10. The summed E-state index contributed by atoms with van der Waals surface area (Å²) < 4.78 is 9.39. The molecule has 1 aliphatic rings. The average molecular weight is 819 g/mol. The van der Waals surface area contributed by atoms with Crippen molar-refractivity contribution in [2.75, 3.05) is 4.90 Å². The SMILES string of the molecule is CC1(C)c2ccccc2-c2ccc(-c3cccc(N(c4ccc5ccccc5c4)c4ccc5c(oc6ccccc65)c4-c4cccc(-n5c6ccccc6c6ccccc65)c4)c3)cc21. The van der Waals surface area contributed by atoms with Gasteiger partial charge in [-0.05, 0) is 123 Å². The second kappa shape index (κ2) is 13.9. The molecule has 13 rings (SSSR count). The molecule has 0 aliphatic heterocycles. The Morgan fingerprint density at radius 3 is 1.92 bits per heavy atom. The third-order valence-electron chi connectivity index (χ3n) is 13.8. The summed E-state index contributed by atoms with van der Waals surface area (Å²) in [5.41, 5.74) is 18.1. The molecule has 12 aromatic rings. The molecule has 10 aromatic carbocycles. The number of anilines is 3. The highest BCUT2D eigenvalue weighted by Gasteiger charge is 2.35. The quantitative estimate of drug-likeness (QED) is 0.167. The zero-order chi connectivity index (χ0) is 42.5. The number of benzene rings is 10. The summed E-state index contributed by atoms with van der Waals surface area (Å²) in [4.78, 5) is 2.43. The molecule has 64 heavy (non-hydrogen) atoms. The molecule has 0 fully saturated rings. The van der Waals surface area contributed by atoms with Gasteiger partial charge in [0.25, 0.3) is 0 Å². The van der Waals surface area contributed by atoms with Crippen LogP contribution >= 0.6 is 0 Å². The van der Waals surface area contributed by atoms with Crippen LogP contribution in [0.15, 0.2) is 223 Å². The highest BCUT2D eigenvalue weighted by Crippen LogP contribution is 2.51. The van der Waals surface area contributed by atoms with Crippen molar-refractivity contribution in [3.8, 4) is 39.1 Å². The largest absolute Gasteiger partial charge is 0.455 e. The lowest BCUT2D eigenvalue weighted by Crippen LogP contribution is -2.14. The molecule has 0 atom stereocenters. The van der Waals surface area contributed by atoms with Gasteiger partial charge in [0.1, 0.15) is 11.2 Å². The zero-order valence-corrected chi connectivity index (χ0v) is 35.6. The maximum Gasteiger partial charge on any atom is 0.145 e. The van der Waals surface area contributed by atoms with Gasteiger partial charge in [-0.1, -0.05) is 159 Å². The van der Waals surface area contributed by atoms with Crippen molar-refractivity contribution in [3.05, 3.63) is 230 Å². The van der Waals surface area contributed by atoms with Crippen molar-refractivity contribution in [3.63, 3.8) is 0 Å². The van der Waals surface area contributed by atoms with Gasteiger partial charge in [0.2, 0.25) is 0 Å². The Kier molecular flexibility index (Phi) is 7.95. The van der Waals surface area contributed by atoms with Gasteiger partial charge in [-0.25, -0.2) is 0 Å². The predicted molar refractivity (Wildman–Crippen MR) is 269 cm³/mol. The van der Waals surface area contributed by atoms with Gasteiger partial charge in [0.15, 0.2) is 0 Å². The average Bonchev–Trinajstić information content (AvgIpc) is 3.97. The number of hydrogen-bond donors (Lipinski definition) is 0. The predicted octanol–water partition coefficient (Wildman–Crippen LogP) is 16.9. The van der Waals surface area contributed by atoms with Gasteiger partial charge in [0.05, 0.1) is 16.7 Å². The summed E-state index contributed by atoms with van der Waals surface area (Å²) in [6.45, 7) is 4.70. The first-order valence-corrected chi connectivity index (χ1v) is 22.2. The number of furan rings is 1. The highest BCUT2D eigenvalue weighted by atomic mass is 16.3. The maximum atomic E-state index is 6.99. The molecule has 1 aliphatic carbocycles. The monoisotopic (exact) mass is 818 g/mol. The minimum absolute atomic E-state index is 0.0959. The molecule has 0 saturated carbocycles. The van der Waals surface area contributed by atoms with E-state index in [0.717, 1.165) is 61.4 Å². The van der Waals surface area contributed by atoms with E-state index in [-0.39, 0.29) is 5.41 Å². The van der Waals surface area contributed by atoms with Crippen LogP contribution in [0.5, 0.6) is 0 Å². The van der Waals surface area contributed by atoms with Gasteiger partial charge >= 0.3 is 0 Å². The summed E-state index contributed by atoms with van der Waals surface area (Å²) in [5, 5.41) is 7.05. The van der Waals surface area contributed by atoms with Crippen molar-refractivity contribution < 1.29 is 4.42 Å². The van der Waals surface area contributed by atoms with E-state index in [9.17, 15) is 0 Å². The summed E-state index contributed by atoms with van der Waals surface area (Å²) in [5.74, 6) is 0. The van der Waals surface area contributed by atoms with E-state index >= 15 is 0 Å². The first-order valence-electron chi connectivity index (χ1n) is 22.2. The second-order valence-corrected chi connectivity index (χ2v) is 17.7. The highest BCUT2D eigenvalue weighted by molar-refractivity contribution is 6.14. The smallest absolute Gasteiger partial charge is 0.145 e. The van der Waals surface area contributed by atoms with Crippen LogP contribution < -0.4 is 4.90 Å². The molecule has 0 amide bonds. The van der Waals surface area contributed by atoms with Crippen LogP contribution in [0.25, 0.3) is 93.6 Å². The standard InChI is InChI=1S/C61H42N2O/c1-61(2)53-25-9-5-21-47(53)48-32-30-42(38-54(48)61)41-17-13-19-44(36-41)62(46-31-29-39-15-3-4-16-40(39)35-46)57-34-33-52-51-24-8-12-28-58(51)64-60(52)59(57)43-18-14-20-45(37-43)63-55-26-10-6-22-49(55)50-23-7-11-27-56(50)63/h3-38H,1-2H3. The number of para-hydroxylation sites is 3. The molecule has 302 valence electrons. The Balaban J connectivity index is 1.05. The molecule has 0 radical (unpaired) electrons. The fourth-order valence-electron chi connectivity index (χ4n) is 10.7. The van der Waals surface area contributed by atoms with Gasteiger partial charge in [0, 0.05) is 49.6 Å². The first-order chi connectivity index (χ1) is 31.5. The van der Waals surface area contributed by atoms with E-state index in [1.54, 1.807) is 0 Å². The van der Waals surface area contributed by atoms with E-state index in [2.05, 4.69) is 242 Å². The Labute approximate surface area is 371 Å². The summed E-state index contributed by atoms with van der Waals surface area (Å²) in [7, 11) is 0. The molecule has 2 heterocycles. The normalized spacial score (nSPS) is 13.0. The molecular weight excluding hydrogens is 777 g/mol. The number of nitrogens with zero attached hydrogens (tertiary/aromatic N) is 2. The van der Waals surface area contributed by atoms with Gasteiger partial charge in [-0.15, -0.1) is 0 Å². The Morgan fingerprint density at radius 1 is 0.422 bits per heavy atom. The Bertz CT molecular complexity index is 3790. The van der Waals surface area contributed by atoms with Crippen molar-refractivity contribution in [2.24, 2.45) is 0 Å². The van der Waals surface area contributed by atoms with E-state index in [1.165, 1.54) is 60.4 Å². The van der Waals surface area contributed by atoms with Crippen molar-refractivity contribution in [1.29, 1.82) is 0 Å². The topological polar surface area (TPSA) is 21.3 Å². The summed E-state index contributed by atoms with van der Waals surface area (Å²) in [6.07, 6.45) is 0. The summed E-state index contributed by atoms with van der Waals surface area (Å²) in [6, 6.07) is 79.7. The number of rotatable bonds is 6. The molecule has 0 saturated heterocycles. The van der Waals surface area contributed by atoms with Gasteiger partial charge in [-0.3, -0.25) is 0 Å². The maximum absolute atomic E-state index is 6.99. The Hall–Kier alpha value is -8.14. The van der Waals surface area contributed by atoms with Crippen LogP contribution in [-0.4, -0.2) is 4.57 Å². The van der Waals surface area contributed by atoms with E-state index < -0.39 is 0 Å². The summed E-state index contributed by atoms with van der Waals surface area (Å²) >= 11 is 0. The fraction of sp³-hybridized carbons (Fsp3) is 0.0492. The van der Waals surface area contributed by atoms with Crippen molar-refractivity contribution in [1.82, 2.24) is 4.57 Å². The zero-order valence-electron chi connectivity index (χ0n) is 35.6. The van der Waals surface area contributed by atoms with Crippen LogP contribution in [0, 0.1) is 0 Å². The molecule has 0 spiro atoms. The van der Waals surface area contributed by atoms with Gasteiger partial charge in [-0.2, -0.15) is 0 Å². The molecule has 2 aromatic heterocycles. The molecule has 3 nitrogen and oxygen atoms in total. The van der Waals surface area contributed by atoms with Gasteiger partial charge < -0.3 is 13.9 Å². The number of hydrogen-bond acceptors (Lipinski definition) is 2. The number of aromatic nitrogens is 1. The van der Waals surface area contributed by atoms with Crippen LogP contribution in [0.1, 0.15) is 25.0 Å². The second-order valence-electron chi connectivity index (χ2n) is 17.7. The Morgan fingerprint density at radius 2 is 1.08 bits per heavy atom. The minimum atomic E-state index is -0.0959. The molecule has 0 N–H and O–H groups in total. The van der Waals surface area contributed by atoms with E-state index in [4.69, 9.17) is 4.42 Å². The molecular formula is C61H42N2O. The molecule has 0 unspecified atom stereocenters. The van der Waals surface area contributed by atoms with Crippen LogP contribution in [0.4, 0.5) is 17.1 Å². The third-order valence-corrected chi connectivity index (χ3v) is 13.8.